The van der Waals surface area contributed by atoms with Gasteiger partial charge in [0.2, 0.25) is 0 Å². The molecule has 2 aromatic rings. The number of benzene rings is 1. The number of unbranched alkanes of at least 4 members (excludes halogenated alkanes) is 1. The van der Waals surface area contributed by atoms with Crippen LogP contribution in [0.5, 0.6) is 5.75 Å². The van der Waals surface area contributed by atoms with E-state index in [4.69, 9.17) is 14.2 Å². The first-order valence-corrected chi connectivity index (χ1v) is 7.78. The van der Waals surface area contributed by atoms with Gasteiger partial charge < -0.3 is 14.2 Å². The lowest BCUT2D eigenvalue weighted by molar-refractivity contribution is -0.0727. The van der Waals surface area contributed by atoms with Gasteiger partial charge >= 0.3 is 11.9 Å². The molecule has 1 aromatic heterocycles. The number of esters is 2. The van der Waals surface area contributed by atoms with Crippen molar-refractivity contribution in [3.63, 3.8) is 0 Å². The second-order valence-corrected chi connectivity index (χ2v) is 5.31. The van der Waals surface area contributed by atoms with Gasteiger partial charge in [0.05, 0.1) is 18.4 Å². The lowest BCUT2D eigenvalue weighted by atomic mass is 10.1. The Morgan fingerprint density at radius 3 is 2.83 bits per heavy atom. The number of carbonyl (C=O) groups excluding carboxylic acids is 2. The largest absolute Gasteiger partial charge is 0.492 e. The summed E-state index contributed by atoms with van der Waals surface area (Å²) in [7, 11) is 0. The highest BCUT2D eigenvalue weighted by Crippen LogP contribution is 2.31. The minimum Gasteiger partial charge on any atom is -0.492 e. The van der Waals surface area contributed by atoms with E-state index in [1.807, 2.05) is 0 Å². The van der Waals surface area contributed by atoms with Crippen molar-refractivity contribution in [2.75, 3.05) is 6.61 Å². The van der Waals surface area contributed by atoms with Crippen molar-refractivity contribution < 1.29 is 23.8 Å². The molecule has 1 aliphatic rings. The van der Waals surface area contributed by atoms with Gasteiger partial charge in [-0.3, -0.25) is 0 Å². The maximum atomic E-state index is 12.2. The molecule has 1 atom stereocenters. The molecule has 0 saturated heterocycles. The number of ether oxygens (including phenoxy) is 3. The number of rotatable bonds is 6. The van der Waals surface area contributed by atoms with Crippen molar-refractivity contribution in [1.29, 1.82) is 0 Å². The molecule has 1 aliphatic heterocycles. The Balaban J connectivity index is 1.64. The van der Waals surface area contributed by atoms with Crippen LogP contribution in [0.4, 0.5) is 0 Å². The average Bonchev–Trinajstić information content (AvgIpc) is 2.92. The highest BCUT2D eigenvalue weighted by atomic mass is 16.7. The molecule has 0 spiro atoms. The number of hydrogen-bond acceptors (Lipinski definition) is 6. The highest BCUT2D eigenvalue weighted by Gasteiger charge is 2.33. The predicted molar refractivity (Wildman–Crippen MR) is 84.7 cm³/mol. The second-order valence-electron chi connectivity index (χ2n) is 5.31. The third-order valence-electron chi connectivity index (χ3n) is 3.57. The lowest BCUT2D eigenvalue weighted by Crippen LogP contribution is -2.13. The van der Waals surface area contributed by atoms with E-state index in [0.717, 1.165) is 12.8 Å². The van der Waals surface area contributed by atoms with Gasteiger partial charge in [-0.1, -0.05) is 31.5 Å². The summed E-state index contributed by atoms with van der Waals surface area (Å²) < 4.78 is 15.8. The molecule has 3 rings (SSSR count). The van der Waals surface area contributed by atoms with Gasteiger partial charge in [0.1, 0.15) is 11.4 Å². The van der Waals surface area contributed by atoms with Crippen LogP contribution in [0.15, 0.2) is 42.6 Å². The summed E-state index contributed by atoms with van der Waals surface area (Å²) in [4.78, 5) is 27.9. The molecule has 24 heavy (non-hydrogen) atoms. The van der Waals surface area contributed by atoms with Gasteiger partial charge in [-0.05, 0) is 24.6 Å². The van der Waals surface area contributed by atoms with E-state index in [1.165, 1.54) is 12.3 Å². The molecular formula is C18H17NO5. The molecule has 124 valence electrons. The van der Waals surface area contributed by atoms with Crippen LogP contribution >= 0.6 is 0 Å². The van der Waals surface area contributed by atoms with Crippen LogP contribution in [0.1, 0.15) is 52.5 Å². The van der Waals surface area contributed by atoms with E-state index in [0.29, 0.717) is 23.5 Å². The quantitative estimate of drug-likeness (QED) is 0.599. The van der Waals surface area contributed by atoms with E-state index in [2.05, 4.69) is 11.9 Å². The molecule has 0 N–H and O–H groups in total. The number of nitrogens with zero attached hydrogens (tertiary/aromatic N) is 1. The molecule has 0 amide bonds. The summed E-state index contributed by atoms with van der Waals surface area (Å²) in [6.45, 7) is 2.69. The lowest BCUT2D eigenvalue weighted by Gasteiger charge is -2.12. The number of pyridine rings is 1. The highest BCUT2D eigenvalue weighted by molar-refractivity contribution is 5.94. The third-order valence-corrected chi connectivity index (χ3v) is 3.57. The zero-order valence-corrected chi connectivity index (χ0v) is 13.2. The standard InChI is InChI=1S/C18H17NO5/c1-2-3-10-22-12-8-9-15(19-11-12)17(21)24-18-14-7-5-4-6-13(14)16(20)23-18/h4-9,11,18H,2-3,10H2,1H3. The number of cyclic esters (lactones) is 1. The van der Waals surface area contributed by atoms with Gasteiger partial charge in [-0.2, -0.15) is 0 Å². The van der Waals surface area contributed by atoms with Crippen molar-refractivity contribution in [3.05, 3.63) is 59.4 Å². The number of fused-ring (bicyclic) bond motifs is 1. The van der Waals surface area contributed by atoms with E-state index >= 15 is 0 Å². The first kappa shape index (κ1) is 16.0. The number of hydrogen-bond donors (Lipinski definition) is 0. The van der Waals surface area contributed by atoms with E-state index in [-0.39, 0.29) is 5.69 Å². The SMILES string of the molecule is CCCCOc1ccc(C(=O)OC2OC(=O)c3ccccc32)nc1. The molecule has 0 saturated carbocycles. The molecule has 2 heterocycles. The maximum Gasteiger partial charge on any atom is 0.360 e. The molecule has 0 bridgehead atoms. The van der Waals surface area contributed by atoms with Crippen LogP contribution in [0, 0.1) is 0 Å². The third kappa shape index (κ3) is 3.37. The van der Waals surface area contributed by atoms with Gasteiger partial charge in [-0.25, -0.2) is 14.6 Å². The summed E-state index contributed by atoms with van der Waals surface area (Å²) in [5.74, 6) is -0.571. The van der Waals surface area contributed by atoms with Gasteiger partial charge in [0, 0.05) is 5.56 Å². The van der Waals surface area contributed by atoms with Crippen LogP contribution in [0.25, 0.3) is 0 Å². The first-order valence-electron chi connectivity index (χ1n) is 7.78. The van der Waals surface area contributed by atoms with Crippen molar-refractivity contribution >= 4 is 11.9 Å². The van der Waals surface area contributed by atoms with Crippen molar-refractivity contribution in [1.82, 2.24) is 4.98 Å². The average molecular weight is 327 g/mol. The van der Waals surface area contributed by atoms with Crippen LogP contribution in [-0.2, 0) is 9.47 Å². The smallest absolute Gasteiger partial charge is 0.360 e. The van der Waals surface area contributed by atoms with E-state index < -0.39 is 18.2 Å². The van der Waals surface area contributed by atoms with E-state index in [1.54, 1.807) is 30.3 Å². The molecule has 0 fully saturated rings. The minimum atomic E-state index is -1.04. The van der Waals surface area contributed by atoms with Gasteiger partial charge in [0.25, 0.3) is 6.29 Å². The summed E-state index contributed by atoms with van der Waals surface area (Å²) in [6, 6.07) is 9.98. The molecule has 6 heteroatoms. The molecule has 0 radical (unpaired) electrons. The maximum absolute atomic E-state index is 12.2. The first-order chi connectivity index (χ1) is 11.7. The molecule has 1 unspecified atom stereocenters. The molecule has 6 nitrogen and oxygen atoms in total. The monoisotopic (exact) mass is 327 g/mol. The summed E-state index contributed by atoms with van der Waals surface area (Å²) >= 11 is 0. The normalized spacial score (nSPS) is 15.5. The Hall–Kier alpha value is -2.89. The summed E-state index contributed by atoms with van der Waals surface area (Å²) in [6.07, 6.45) is 2.43. The zero-order chi connectivity index (χ0) is 16.9. The van der Waals surface area contributed by atoms with Gasteiger partial charge in [0.15, 0.2) is 0 Å². The Kier molecular flexibility index (Phi) is 4.74. The van der Waals surface area contributed by atoms with E-state index in [9.17, 15) is 9.59 Å². The van der Waals surface area contributed by atoms with Crippen LogP contribution < -0.4 is 4.74 Å². The molecule has 1 aromatic carbocycles. The van der Waals surface area contributed by atoms with Crippen LogP contribution in [0.2, 0.25) is 0 Å². The minimum absolute atomic E-state index is 0.123. The topological polar surface area (TPSA) is 74.7 Å². The van der Waals surface area contributed by atoms with Crippen molar-refractivity contribution in [3.8, 4) is 5.75 Å². The second kappa shape index (κ2) is 7.12. The Morgan fingerprint density at radius 1 is 1.25 bits per heavy atom. The number of carbonyl (C=O) groups is 2. The van der Waals surface area contributed by atoms with Crippen molar-refractivity contribution in [2.24, 2.45) is 0 Å². The Morgan fingerprint density at radius 2 is 2.08 bits per heavy atom. The Labute approximate surface area is 139 Å². The fourth-order valence-corrected chi connectivity index (χ4v) is 2.28. The summed E-state index contributed by atoms with van der Waals surface area (Å²) in [5, 5.41) is 0. The van der Waals surface area contributed by atoms with Crippen LogP contribution in [0.3, 0.4) is 0 Å². The zero-order valence-electron chi connectivity index (χ0n) is 13.2. The molecular weight excluding hydrogens is 310 g/mol. The molecule has 0 aliphatic carbocycles. The fraction of sp³-hybridized carbons (Fsp3) is 0.278. The summed E-state index contributed by atoms with van der Waals surface area (Å²) in [5.41, 5.74) is 1.07. The number of aromatic nitrogens is 1. The predicted octanol–water partition coefficient (Wildman–Crippen LogP) is 3.29. The Bertz CT molecular complexity index is 741. The van der Waals surface area contributed by atoms with Crippen LogP contribution in [-0.4, -0.2) is 23.5 Å². The van der Waals surface area contributed by atoms with Crippen molar-refractivity contribution in [2.45, 2.75) is 26.1 Å². The fourth-order valence-electron chi connectivity index (χ4n) is 2.28. The van der Waals surface area contributed by atoms with Gasteiger partial charge in [-0.15, -0.1) is 0 Å².